The fourth-order valence-electron chi connectivity index (χ4n) is 1.98. The summed E-state index contributed by atoms with van der Waals surface area (Å²) in [6, 6.07) is 9.80. The van der Waals surface area contributed by atoms with E-state index in [0.29, 0.717) is 16.8 Å². The van der Waals surface area contributed by atoms with E-state index in [1.807, 2.05) is 0 Å². The number of aryl methyl sites for hydroxylation is 1. The summed E-state index contributed by atoms with van der Waals surface area (Å²) < 4.78 is 5.95. The topological polar surface area (TPSA) is 77.4 Å². The van der Waals surface area contributed by atoms with Gasteiger partial charge in [-0.1, -0.05) is 12.1 Å². The van der Waals surface area contributed by atoms with Gasteiger partial charge >= 0.3 is 5.97 Å². The van der Waals surface area contributed by atoms with Crippen molar-refractivity contribution >= 4 is 17.6 Å². The quantitative estimate of drug-likeness (QED) is 0.870. The highest BCUT2D eigenvalue weighted by Gasteiger charge is 2.09. The number of amides is 1. The number of esters is 1. The number of benzene rings is 1. The molecule has 0 radical (unpaired) electrons. The molecule has 0 spiro atoms. The minimum Gasteiger partial charge on any atom is -0.465 e. The number of hydrogen-bond acceptors (Lipinski definition) is 4. The van der Waals surface area contributed by atoms with Crippen LogP contribution in [0.25, 0.3) is 0 Å². The number of anilines is 1. The molecule has 1 aromatic carbocycles. The highest BCUT2D eigenvalue weighted by molar-refractivity contribution is 5.94. The van der Waals surface area contributed by atoms with Crippen molar-refractivity contribution in [2.24, 2.45) is 0 Å². The molecule has 2 rings (SSSR count). The summed E-state index contributed by atoms with van der Waals surface area (Å²) in [6.07, 6.45) is 1.56. The van der Waals surface area contributed by atoms with Crippen molar-refractivity contribution in [2.75, 3.05) is 12.4 Å². The van der Waals surface area contributed by atoms with Crippen LogP contribution >= 0.6 is 0 Å². The smallest absolute Gasteiger partial charge is 0.337 e. The average molecular weight is 300 g/mol. The van der Waals surface area contributed by atoms with Gasteiger partial charge in [-0.05, 0) is 31.2 Å². The molecule has 0 aliphatic heterocycles. The maximum Gasteiger partial charge on any atom is 0.337 e. The molecule has 0 fully saturated rings. The van der Waals surface area contributed by atoms with Crippen molar-refractivity contribution < 1.29 is 14.3 Å². The SMILES string of the molecule is COC(=O)c1cccc(NC(=O)Cn2cccc(C)c2=O)c1. The van der Waals surface area contributed by atoms with Crippen LogP contribution in [0.4, 0.5) is 5.69 Å². The molecule has 0 unspecified atom stereocenters. The Hall–Kier alpha value is -2.89. The second-order valence-electron chi connectivity index (χ2n) is 4.74. The zero-order valence-electron chi connectivity index (χ0n) is 12.3. The van der Waals surface area contributed by atoms with Gasteiger partial charge in [-0.15, -0.1) is 0 Å². The Morgan fingerprint density at radius 1 is 1.23 bits per heavy atom. The summed E-state index contributed by atoms with van der Waals surface area (Å²) >= 11 is 0. The highest BCUT2D eigenvalue weighted by Crippen LogP contribution is 2.11. The number of ether oxygens (including phenoxy) is 1. The van der Waals surface area contributed by atoms with Crippen LogP contribution in [0.3, 0.4) is 0 Å². The number of carbonyl (C=O) groups excluding carboxylic acids is 2. The van der Waals surface area contributed by atoms with Gasteiger partial charge in [-0.3, -0.25) is 9.59 Å². The highest BCUT2D eigenvalue weighted by atomic mass is 16.5. The molecule has 1 N–H and O–H groups in total. The Labute approximate surface area is 127 Å². The minimum absolute atomic E-state index is 0.0943. The zero-order valence-corrected chi connectivity index (χ0v) is 12.3. The number of nitrogens with one attached hydrogen (secondary N) is 1. The lowest BCUT2D eigenvalue weighted by atomic mass is 10.2. The van der Waals surface area contributed by atoms with Crippen molar-refractivity contribution in [3.8, 4) is 0 Å². The van der Waals surface area contributed by atoms with E-state index in [1.165, 1.54) is 17.7 Å². The third kappa shape index (κ3) is 3.60. The normalized spacial score (nSPS) is 10.1. The third-order valence-electron chi connectivity index (χ3n) is 3.09. The molecule has 1 amide bonds. The Bertz CT molecular complexity index is 765. The molecular weight excluding hydrogens is 284 g/mol. The first-order valence-corrected chi connectivity index (χ1v) is 6.65. The van der Waals surface area contributed by atoms with Crippen LogP contribution in [-0.4, -0.2) is 23.6 Å². The van der Waals surface area contributed by atoms with E-state index in [4.69, 9.17) is 0 Å². The summed E-state index contributed by atoms with van der Waals surface area (Å²) in [5.74, 6) is -0.833. The van der Waals surface area contributed by atoms with Crippen LogP contribution in [0.5, 0.6) is 0 Å². The van der Waals surface area contributed by atoms with Crippen LogP contribution in [-0.2, 0) is 16.1 Å². The second-order valence-corrected chi connectivity index (χ2v) is 4.74. The van der Waals surface area contributed by atoms with Crippen LogP contribution < -0.4 is 10.9 Å². The van der Waals surface area contributed by atoms with Crippen molar-refractivity contribution in [1.82, 2.24) is 4.57 Å². The molecule has 6 nitrogen and oxygen atoms in total. The van der Waals surface area contributed by atoms with Gasteiger partial charge in [0.2, 0.25) is 5.91 Å². The van der Waals surface area contributed by atoms with Gasteiger partial charge in [0.05, 0.1) is 12.7 Å². The lowest BCUT2D eigenvalue weighted by molar-refractivity contribution is -0.116. The maximum atomic E-state index is 12.0. The van der Waals surface area contributed by atoms with Crippen molar-refractivity contribution in [3.05, 3.63) is 64.1 Å². The average Bonchev–Trinajstić information content (AvgIpc) is 2.51. The zero-order chi connectivity index (χ0) is 16.1. The maximum absolute atomic E-state index is 12.0. The van der Waals surface area contributed by atoms with Gasteiger partial charge in [-0.25, -0.2) is 4.79 Å². The molecule has 1 aromatic heterocycles. The fourth-order valence-corrected chi connectivity index (χ4v) is 1.98. The van der Waals surface area contributed by atoms with E-state index in [1.54, 1.807) is 43.5 Å². The molecular formula is C16H16N2O4. The van der Waals surface area contributed by atoms with E-state index in [9.17, 15) is 14.4 Å². The van der Waals surface area contributed by atoms with E-state index in [0.717, 1.165) is 0 Å². The van der Waals surface area contributed by atoms with E-state index < -0.39 is 5.97 Å². The van der Waals surface area contributed by atoms with Gasteiger partial charge in [0.1, 0.15) is 6.54 Å². The van der Waals surface area contributed by atoms with Crippen molar-refractivity contribution in [2.45, 2.75) is 13.5 Å². The first-order valence-electron chi connectivity index (χ1n) is 6.65. The summed E-state index contributed by atoms with van der Waals surface area (Å²) in [6.45, 7) is 1.60. The fraction of sp³-hybridized carbons (Fsp3) is 0.188. The van der Waals surface area contributed by atoms with Gasteiger partial charge < -0.3 is 14.6 Å². The molecule has 0 bridgehead atoms. The van der Waals surface area contributed by atoms with Crippen LogP contribution in [0.2, 0.25) is 0 Å². The molecule has 0 saturated carbocycles. The lowest BCUT2D eigenvalue weighted by Crippen LogP contribution is -2.28. The first-order chi connectivity index (χ1) is 10.5. The Morgan fingerprint density at radius 2 is 2.00 bits per heavy atom. The summed E-state index contributed by atoms with van der Waals surface area (Å²) in [7, 11) is 1.29. The largest absolute Gasteiger partial charge is 0.465 e. The first kappa shape index (κ1) is 15.5. The molecule has 6 heteroatoms. The van der Waals surface area contributed by atoms with E-state index in [-0.39, 0.29) is 18.0 Å². The van der Waals surface area contributed by atoms with Gasteiger partial charge in [0, 0.05) is 17.4 Å². The third-order valence-corrected chi connectivity index (χ3v) is 3.09. The lowest BCUT2D eigenvalue weighted by Gasteiger charge is -2.09. The van der Waals surface area contributed by atoms with Crippen molar-refractivity contribution in [3.63, 3.8) is 0 Å². The predicted octanol–water partition coefficient (Wildman–Crippen LogP) is 1.58. The van der Waals surface area contributed by atoms with E-state index in [2.05, 4.69) is 10.1 Å². The number of aromatic nitrogens is 1. The van der Waals surface area contributed by atoms with Crippen molar-refractivity contribution in [1.29, 1.82) is 0 Å². The molecule has 0 aliphatic carbocycles. The number of pyridine rings is 1. The predicted molar refractivity (Wildman–Crippen MR) is 81.9 cm³/mol. The second kappa shape index (κ2) is 6.71. The van der Waals surface area contributed by atoms with E-state index >= 15 is 0 Å². The van der Waals surface area contributed by atoms with Gasteiger partial charge in [0.15, 0.2) is 0 Å². The number of hydrogen-bond donors (Lipinski definition) is 1. The number of carbonyl (C=O) groups is 2. The van der Waals surface area contributed by atoms with Crippen LogP contribution in [0.15, 0.2) is 47.4 Å². The molecule has 0 atom stereocenters. The Morgan fingerprint density at radius 3 is 2.73 bits per heavy atom. The summed E-state index contributed by atoms with van der Waals surface area (Å²) in [4.78, 5) is 35.3. The monoisotopic (exact) mass is 300 g/mol. The molecule has 0 aliphatic rings. The molecule has 1 heterocycles. The minimum atomic E-state index is -0.481. The molecule has 22 heavy (non-hydrogen) atoms. The Balaban J connectivity index is 2.11. The standard InChI is InChI=1S/C16H16N2O4/c1-11-5-4-8-18(15(11)20)10-14(19)17-13-7-3-6-12(9-13)16(21)22-2/h3-9H,10H2,1-2H3,(H,17,19). The summed E-state index contributed by atoms with van der Waals surface area (Å²) in [5, 5.41) is 2.65. The number of nitrogens with zero attached hydrogens (tertiary/aromatic N) is 1. The van der Waals surface area contributed by atoms with Gasteiger partial charge in [0.25, 0.3) is 5.56 Å². The van der Waals surface area contributed by atoms with Crippen LogP contribution in [0.1, 0.15) is 15.9 Å². The number of methoxy groups -OCH3 is 1. The van der Waals surface area contributed by atoms with Crippen LogP contribution in [0, 0.1) is 6.92 Å². The van der Waals surface area contributed by atoms with Gasteiger partial charge in [-0.2, -0.15) is 0 Å². The number of rotatable bonds is 4. The molecule has 2 aromatic rings. The molecule has 114 valence electrons. The Kier molecular flexibility index (Phi) is 4.73. The molecule has 0 saturated heterocycles. The summed E-state index contributed by atoms with van der Waals surface area (Å²) in [5.41, 5.74) is 1.17.